The highest BCUT2D eigenvalue weighted by Crippen LogP contribution is 2.18. The van der Waals surface area contributed by atoms with Gasteiger partial charge in [-0.25, -0.2) is 0 Å². The highest BCUT2D eigenvalue weighted by atomic mass is 16.2. The van der Waals surface area contributed by atoms with Crippen LogP contribution in [0.5, 0.6) is 0 Å². The molecule has 1 N–H and O–H groups in total. The first-order chi connectivity index (χ1) is 11.2. The zero-order chi connectivity index (χ0) is 16.7. The summed E-state index contributed by atoms with van der Waals surface area (Å²) in [4.78, 5) is 14.5. The van der Waals surface area contributed by atoms with Crippen molar-refractivity contribution >= 4 is 5.91 Å². The summed E-state index contributed by atoms with van der Waals surface area (Å²) in [5.74, 6) is 1.11. The van der Waals surface area contributed by atoms with E-state index in [0.717, 1.165) is 45.3 Å². The monoisotopic (exact) mass is 316 g/mol. The molecule has 0 radical (unpaired) electrons. The normalized spacial score (nSPS) is 17.5. The fourth-order valence-electron chi connectivity index (χ4n) is 3.44. The van der Waals surface area contributed by atoms with Gasteiger partial charge in [0, 0.05) is 31.6 Å². The van der Waals surface area contributed by atoms with Crippen LogP contribution in [0.25, 0.3) is 0 Å². The molecule has 1 unspecified atom stereocenters. The van der Waals surface area contributed by atoms with Crippen molar-refractivity contribution < 1.29 is 4.79 Å². The van der Waals surface area contributed by atoms with E-state index in [2.05, 4.69) is 61.3 Å². The lowest BCUT2D eigenvalue weighted by atomic mass is 9.97. The average molecular weight is 316 g/mol. The first-order valence-electron chi connectivity index (χ1n) is 9.22. The number of benzene rings is 1. The number of amides is 1. The molecule has 1 aliphatic rings. The third kappa shape index (κ3) is 5.07. The smallest absolute Gasteiger partial charge is 0.225 e. The van der Waals surface area contributed by atoms with Gasteiger partial charge in [-0.1, -0.05) is 51.1 Å². The van der Waals surface area contributed by atoms with Crippen molar-refractivity contribution in [2.45, 2.75) is 58.4 Å². The first kappa shape index (κ1) is 18.0. The molecule has 1 saturated heterocycles. The molecule has 1 heterocycles. The van der Waals surface area contributed by atoms with E-state index >= 15 is 0 Å². The largest absolute Gasteiger partial charge is 0.342 e. The van der Waals surface area contributed by atoms with Crippen molar-refractivity contribution in [2.24, 2.45) is 5.92 Å². The summed E-state index contributed by atoms with van der Waals surface area (Å²) in [5, 5.41) is 3.70. The third-order valence-electron chi connectivity index (χ3n) is 5.22. The van der Waals surface area contributed by atoms with E-state index < -0.39 is 0 Å². The minimum atomic E-state index is 0.220. The molecule has 1 aliphatic heterocycles. The van der Waals surface area contributed by atoms with Gasteiger partial charge in [0.15, 0.2) is 0 Å². The van der Waals surface area contributed by atoms with Crippen molar-refractivity contribution in [3.05, 3.63) is 35.9 Å². The predicted molar refractivity (Wildman–Crippen MR) is 96.5 cm³/mol. The summed E-state index contributed by atoms with van der Waals surface area (Å²) in [6.45, 7) is 9.33. The predicted octanol–water partition coefficient (Wildman–Crippen LogP) is 3.81. The summed E-state index contributed by atoms with van der Waals surface area (Å²) in [7, 11) is 0. The number of nitrogens with one attached hydrogen (secondary N) is 1. The Hall–Kier alpha value is -1.35. The highest BCUT2D eigenvalue weighted by molar-refractivity contribution is 5.78. The molecule has 128 valence electrons. The number of nitrogens with zero attached hydrogens (tertiary/aromatic N) is 1. The van der Waals surface area contributed by atoms with E-state index in [4.69, 9.17) is 0 Å². The number of hydrogen-bond acceptors (Lipinski definition) is 2. The third-order valence-corrected chi connectivity index (χ3v) is 5.22. The molecule has 0 saturated carbocycles. The number of likely N-dealkylation sites (tertiary alicyclic amines) is 1. The molecule has 0 bridgehead atoms. The standard InChI is InChI=1S/C20H32N2O/c1-4-17(5-2)20(23)22-13-11-19(12-14-22)21-15-16(3)18-9-7-6-8-10-18/h6-10,16-17,19,21H,4-5,11-15H2,1-3H3. The van der Waals surface area contributed by atoms with Crippen LogP contribution in [0.3, 0.4) is 0 Å². The van der Waals surface area contributed by atoms with Crippen molar-refractivity contribution in [1.82, 2.24) is 10.2 Å². The minimum absolute atomic E-state index is 0.220. The molecule has 0 spiro atoms. The molecule has 0 aliphatic carbocycles. The maximum Gasteiger partial charge on any atom is 0.225 e. The lowest BCUT2D eigenvalue weighted by Crippen LogP contribution is -2.47. The Morgan fingerprint density at radius 2 is 1.78 bits per heavy atom. The summed E-state index contributed by atoms with van der Waals surface area (Å²) < 4.78 is 0. The number of carbonyl (C=O) groups is 1. The molecule has 1 fully saturated rings. The lowest BCUT2D eigenvalue weighted by Gasteiger charge is -2.34. The molecule has 1 aromatic carbocycles. The molecule has 1 atom stereocenters. The van der Waals surface area contributed by atoms with Crippen molar-refractivity contribution in [3.8, 4) is 0 Å². The van der Waals surface area contributed by atoms with Crippen molar-refractivity contribution in [1.29, 1.82) is 0 Å². The number of carbonyl (C=O) groups excluding carboxylic acids is 1. The Morgan fingerprint density at radius 3 is 2.35 bits per heavy atom. The molecule has 2 rings (SSSR count). The second-order valence-electron chi connectivity index (χ2n) is 6.83. The Morgan fingerprint density at radius 1 is 1.17 bits per heavy atom. The Bertz CT molecular complexity index is 462. The summed E-state index contributed by atoms with van der Waals surface area (Å²) >= 11 is 0. The maximum absolute atomic E-state index is 12.4. The Balaban J connectivity index is 1.73. The van der Waals surface area contributed by atoms with Crippen LogP contribution < -0.4 is 5.32 Å². The number of piperidine rings is 1. The van der Waals surface area contributed by atoms with Crippen LogP contribution in [0.4, 0.5) is 0 Å². The van der Waals surface area contributed by atoms with Crippen LogP contribution in [-0.2, 0) is 4.79 Å². The molecule has 23 heavy (non-hydrogen) atoms. The zero-order valence-electron chi connectivity index (χ0n) is 14.9. The zero-order valence-corrected chi connectivity index (χ0v) is 14.9. The number of hydrogen-bond donors (Lipinski definition) is 1. The fourth-order valence-corrected chi connectivity index (χ4v) is 3.44. The van der Waals surface area contributed by atoms with E-state index in [9.17, 15) is 4.79 Å². The summed E-state index contributed by atoms with van der Waals surface area (Å²) in [6, 6.07) is 11.2. The van der Waals surface area contributed by atoms with E-state index in [-0.39, 0.29) is 5.92 Å². The topological polar surface area (TPSA) is 32.3 Å². The summed E-state index contributed by atoms with van der Waals surface area (Å²) in [5.41, 5.74) is 1.39. The molecule has 0 aromatic heterocycles. The Kier molecular flexibility index (Phi) is 7.10. The average Bonchev–Trinajstić information content (AvgIpc) is 2.61. The molecule has 1 amide bonds. The molecular weight excluding hydrogens is 284 g/mol. The van der Waals surface area contributed by atoms with Gasteiger partial charge in [-0.05, 0) is 37.2 Å². The van der Waals surface area contributed by atoms with Crippen LogP contribution in [-0.4, -0.2) is 36.5 Å². The van der Waals surface area contributed by atoms with Gasteiger partial charge in [-0.2, -0.15) is 0 Å². The van der Waals surface area contributed by atoms with Crippen LogP contribution in [0.15, 0.2) is 30.3 Å². The minimum Gasteiger partial charge on any atom is -0.342 e. The van der Waals surface area contributed by atoms with Crippen LogP contribution in [0, 0.1) is 5.92 Å². The first-order valence-corrected chi connectivity index (χ1v) is 9.22. The van der Waals surface area contributed by atoms with Gasteiger partial charge in [-0.3, -0.25) is 4.79 Å². The maximum atomic E-state index is 12.4. The van der Waals surface area contributed by atoms with Crippen LogP contribution in [0.1, 0.15) is 57.9 Å². The molecule has 1 aromatic rings. The van der Waals surface area contributed by atoms with Crippen LogP contribution in [0.2, 0.25) is 0 Å². The number of rotatable bonds is 7. The fraction of sp³-hybridized carbons (Fsp3) is 0.650. The Labute approximate surface area is 141 Å². The van der Waals surface area contributed by atoms with Gasteiger partial charge < -0.3 is 10.2 Å². The van der Waals surface area contributed by atoms with Gasteiger partial charge in [0.1, 0.15) is 0 Å². The van der Waals surface area contributed by atoms with E-state index in [1.54, 1.807) is 0 Å². The van der Waals surface area contributed by atoms with Gasteiger partial charge in [0.05, 0.1) is 0 Å². The van der Waals surface area contributed by atoms with E-state index in [0.29, 0.717) is 17.9 Å². The van der Waals surface area contributed by atoms with Crippen LogP contribution >= 0.6 is 0 Å². The molecule has 3 nitrogen and oxygen atoms in total. The van der Waals surface area contributed by atoms with Crippen molar-refractivity contribution in [3.63, 3.8) is 0 Å². The molecule has 3 heteroatoms. The van der Waals surface area contributed by atoms with Gasteiger partial charge in [0.2, 0.25) is 5.91 Å². The second-order valence-corrected chi connectivity index (χ2v) is 6.83. The van der Waals surface area contributed by atoms with E-state index in [1.807, 2.05) is 0 Å². The van der Waals surface area contributed by atoms with E-state index in [1.165, 1.54) is 5.56 Å². The highest BCUT2D eigenvalue weighted by Gasteiger charge is 2.26. The molecular formula is C20H32N2O. The van der Waals surface area contributed by atoms with Gasteiger partial charge in [0.25, 0.3) is 0 Å². The van der Waals surface area contributed by atoms with Gasteiger partial charge >= 0.3 is 0 Å². The lowest BCUT2D eigenvalue weighted by molar-refractivity contribution is -0.136. The quantitative estimate of drug-likeness (QED) is 0.829. The second kappa shape index (κ2) is 9.07. The SMILES string of the molecule is CCC(CC)C(=O)N1CCC(NCC(C)c2ccccc2)CC1. The van der Waals surface area contributed by atoms with Gasteiger partial charge in [-0.15, -0.1) is 0 Å². The summed E-state index contributed by atoms with van der Waals surface area (Å²) in [6.07, 6.45) is 4.07. The van der Waals surface area contributed by atoms with Crippen molar-refractivity contribution in [2.75, 3.05) is 19.6 Å².